The molecule has 2 aromatic carbocycles. The van der Waals surface area contributed by atoms with Crippen LogP contribution < -0.4 is 5.32 Å². The highest BCUT2D eigenvalue weighted by molar-refractivity contribution is 7.99. The molecule has 148 valence electrons. The average molecular weight is 407 g/mol. The fraction of sp³-hybridized carbons (Fsp3) is 0.273. The lowest BCUT2D eigenvalue weighted by molar-refractivity contribution is -0.114. The quantitative estimate of drug-likeness (QED) is 0.449. The maximum atomic E-state index is 12.6. The molecule has 1 aliphatic rings. The van der Waals surface area contributed by atoms with Crippen LogP contribution in [0.2, 0.25) is 0 Å². The molecule has 1 aromatic heterocycles. The zero-order valence-electron chi connectivity index (χ0n) is 16.2. The Morgan fingerprint density at radius 2 is 1.79 bits per heavy atom. The highest BCUT2D eigenvalue weighted by Gasteiger charge is 2.30. The van der Waals surface area contributed by atoms with Gasteiger partial charge in [0.25, 0.3) is 0 Å². The van der Waals surface area contributed by atoms with E-state index in [1.807, 2.05) is 18.2 Å². The normalized spacial score (nSPS) is 13.3. The van der Waals surface area contributed by atoms with E-state index >= 15 is 0 Å². The maximum absolute atomic E-state index is 12.6. The van der Waals surface area contributed by atoms with Crippen molar-refractivity contribution in [1.29, 1.82) is 0 Å². The standard InChI is InChI=1S/C22H22N4O2S/c1-15(27)23-19-11-9-17(10-12-19)20(28)14-29-22-25-24-21(18-7-8-18)26(22)13-16-5-3-2-4-6-16/h2-6,9-12,18H,7-8,13-14H2,1H3,(H,23,27). The zero-order valence-corrected chi connectivity index (χ0v) is 17.0. The Morgan fingerprint density at radius 3 is 2.45 bits per heavy atom. The van der Waals surface area contributed by atoms with Crippen molar-refractivity contribution >= 4 is 29.1 Å². The van der Waals surface area contributed by atoms with E-state index in [0.29, 0.717) is 23.7 Å². The van der Waals surface area contributed by atoms with Crippen molar-refractivity contribution in [1.82, 2.24) is 14.8 Å². The number of thioether (sulfide) groups is 1. The van der Waals surface area contributed by atoms with E-state index in [4.69, 9.17) is 0 Å². The van der Waals surface area contributed by atoms with Crippen LogP contribution in [0.4, 0.5) is 5.69 Å². The maximum Gasteiger partial charge on any atom is 0.221 e. The Balaban J connectivity index is 1.45. The Labute approximate surface area is 173 Å². The lowest BCUT2D eigenvalue weighted by Crippen LogP contribution is -2.09. The van der Waals surface area contributed by atoms with Crippen molar-refractivity contribution in [3.63, 3.8) is 0 Å². The molecule has 1 saturated carbocycles. The van der Waals surface area contributed by atoms with E-state index in [2.05, 4.69) is 32.2 Å². The van der Waals surface area contributed by atoms with Crippen molar-refractivity contribution < 1.29 is 9.59 Å². The Morgan fingerprint density at radius 1 is 1.07 bits per heavy atom. The van der Waals surface area contributed by atoms with Gasteiger partial charge < -0.3 is 9.88 Å². The van der Waals surface area contributed by atoms with Gasteiger partial charge in [0.15, 0.2) is 10.9 Å². The molecule has 7 heteroatoms. The fourth-order valence-electron chi connectivity index (χ4n) is 3.12. The molecule has 6 nitrogen and oxygen atoms in total. The molecule has 29 heavy (non-hydrogen) atoms. The molecule has 1 heterocycles. The highest BCUT2D eigenvalue weighted by atomic mass is 32.2. The van der Waals surface area contributed by atoms with Gasteiger partial charge in [-0.25, -0.2) is 0 Å². The number of ketones is 1. The van der Waals surface area contributed by atoms with Crippen LogP contribution in [0.1, 0.15) is 47.4 Å². The first-order chi connectivity index (χ1) is 14.1. The number of hydrogen-bond donors (Lipinski definition) is 1. The number of amides is 1. The van der Waals surface area contributed by atoms with Gasteiger partial charge in [0.05, 0.1) is 12.3 Å². The summed E-state index contributed by atoms with van der Waals surface area (Å²) < 4.78 is 2.14. The van der Waals surface area contributed by atoms with Gasteiger partial charge in [0.2, 0.25) is 5.91 Å². The molecule has 1 aliphatic carbocycles. The summed E-state index contributed by atoms with van der Waals surface area (Å²) >= 11 is 1.42. The molecule has 0 spiro atoms. The fourth-order valence-corrected chi connectivity index (χ4v) is 3.96. The number of hydrogen-bond acceptors (Lipinski definition) is 5. The van der Waals surface area contributed by atoms with Gasteiger partial charge in [0, 0.05) is 24.1 Å². The summed E-state index contributed by atoms with van der Waals surface area (Å²) in [5.74, 6) is 1.67. The van der Waals surface area contributed by atoms with Crippen molar-refractivity contribution in [2.75, 3.05) is 11.1 Å². The van der Waals surface area contributed by atoms with Crippen LogP contribution in [0.15, 0.2) is 59.8 Å². The average Bonchev–Trinajstić information content (AvgIpc) is 3.49. The van der Waals surface area contributed by atoms with Gasteiger partial charge in [-0.2, -0.15) is 0 Å². The van der Waals surface area contributed by atoms with Gasteiger partial charge >= 0.3 is 0 Å². The minimum absolute atomic E-state index is 0.0200. The van der Waals surface area contributed by atoms with Gasteiger partial charge in [-0.1, -0.05) is 42.1 Å². The van der Waals surface area contributed by atoms with Gasteiger partial charge in [-0.15, -0.1) is 10.2 Å². The molecule has 1 fully saturated rings. The first-order valence-electron chi connectivity index (χ1n) is 9.61. The lowest BCUT2D eigenvalue weighted by atomic mass is 10.1. The van der Waals surface area contributed by atoms with E-state index in [0.717, 1.165) is 23.8 Å². The molecule has 0 atom stereocenters. The minimum Gasteiger partial charge on any atom is -0.326 e. The lowest BCUT2D eigenvalue weighted by Gasteiger charge is -2.10. The van der Waals surface area contributed by atoms with Gasteiger partial charge in [0.1, 0.15) is 5.82 Å². The number of aromatic nitrogens is 3. The van der Waals surface area contributed by atoms with E-state index < -0.39 is 0 Å². The summed E-state index contributed by atoms with van der Waals surface area (Å²) in [5, 5.41) is 12.2. The first kappa shape index (κ1) is 19.4. The third-order valence-electron chi connectivity index (χ3n) is 4.73. The smallest absolute Gasteiger partial charge is 0.221 e. The summed E-state index contributed by atoms with van der Waals surface area (Å²) in [6.07, 6.45) is 2.30. The second-order valence-corrected chi connectivity index (χ2v) is 8.10. The van der Waals surface area contributed by atoms with E-state index in [-0.39, 0.29) is 17.4 Å². The third-order valence-corrected chi connectivity index (χ3v) is 5.70. The summed E-state index contributed by atoms with van der Waals surface area (Å²) in [6.45, 7) is 2.17. The van der Waals surface area contributed by atoms with E-state index in [1.165, 1.54) is 24.2 Å². The highest BCUT2D eigenvalue weighted by Crippen LogP contribution is 2.40. The summed E-state index contributed by atoms with van der Waals surface area (Å²) in [4.78, 5) is 23.7. The Kier molecular flexibility index (Phi) is 5.76. The van der Waals surface area contributed by atoms with E-state index in [1.54, 1.807) is 24.3 Å². The first-order valence-corrected chi connectivity index (χ1v) is 10.6. The van der Waals surface area contributed by atoms with Crippen LogP contribution in [0, 0.1) is 0 Å². The van der Waals surface area contributed by atoms with Crippen LogP contribution in [0.5, 0.6) is 0 Å². The molecular weight excluding hydrogens is 384 g/mol. The number of rotatable bonds is 8. The monoisotopic (exact) mass is 406 g/mol. The molecule has 0 bridgehead atoms. The molecule has 1 N–H and O–H groups in total. The summed E-state index contributed by atoms with van der Waals surface area (Å²) in [7, 11) is 0. The summed E-state index contributed by atoms with van der Waals surface area (Å²) in [5.41, 5.74) is 2.48. The van der Waals surface area contributed by atoms with Gasteiger partial charge in [-0.3, -0.25) is 9.59 Å². The van der Waals surface area contributed by atoms with Crippen molar-refractivity contribution in [3.8, 4) is 0 Å². The number of nitrogens with one attached hydrogen (secondary N) is 1. The molecule has 0 unspecified atom stereocenters. The number of benzene rings is 2. The molecule has 3 aromatic rings. The third kappa shape index (κ3) is 4.92. The topological polar surface area (TPSA) is 76.9 Å². The van der Waals surface area contributed by atoms with Crippen LogP contribution in [-0.4, -0.2) is 32.2 Å². The molecule has 0 radical (unpaired) electrons. The number of carbonyl (C=O) groups is 2. The Hall–Kier alpha value is -2.93. The van der Waals surface area contributed by atoms with E-state index in [9.17, 15) is 9.59 Å². The van der Waals surface area contributed by atoms with Gasteiger partial charge in [-0.05, 0) is 42.7 Å². The van der Waals surface area contributed by atoms with Crippen molar-refractivity contribution in [2.24, 2.45) is 0 Å². The predicted octanol–water partition coefficient (Wildman–Crippen LogP) is 4.14. The number of anilines is 1. The largest absolute Gasteiger partial charge is 0.326 e. The second kappa shape index (κ2) is 8.61. The number of nitrogens with zero attached hydrogens (tertiary/aromatic N) is 3. The second-order valence-electron chi connectivity index (χ2n) is 7.16. The molecule has 1 amide bonds. The number of carbonyl (C=O) groups excluding carboxylic acids is 2. The van der Waals surface area contributed by atoms with Crippen LogP contribution >= 0.6 is 11.8 Å². The molecule has 0 saturated heterocycles. The zero-order chi connectivity index (χ0) is 20.2. The van der Waals surface area contributed by atoms with Crippen molar-refractivity contribution in [3.05, 3.63) is 71.5 Å². The summed E-state index contributed by atoms with van der Waals surface area (Å²) in [6, 6.07) is 17.2. The number of Topliss-reactive ketones (excluding diaryl/α,β-unsaturated/α-hetero) is 1. The van der Waals surface area contributed by atoms with Crippen LogP contribution in [0.3, 0.4) is 0 Å². The molecule has 4 rings (SSSR count). The minimum atomic E-state index is -0.135. The van der Waals surface area contributed by atoms with Crippen LogP contribution in [-0.2, 0) is 11.3 Å². The molecule has 0 aliphatic heterocycles. The molecular formula is C22H22N4O2S. The van der Waals surface area contributed by atoms with Crippen molar-refractivity contribution in [2.45, 2.75) is 37.4 Å². The Bertz CT molecular complexity index is 1010. The van der Waals surface area contributed by atoms with Crippen LogP contribution in [0.25, 0.3) is 0 Å². The predicted molar refractivity (Wildman–Crippen MR) is 113 cm³/mol. The SMILES string of the molecule is CC(=O)Nc1ccc(C(=O)CSc2nnc(C3CC3)n2Cc2ccccc2)cc1.